The number of hydrogen-bond acceptors (Lipinski definition) is 4. The number of nitrogens with one attached hydrogen (secondary N) is 1. The number of carbonyl (C=O) groups excluding carboxylic acids is 1. The molecule has 8 heteroatoms. The van der Waals surface area contributed by atoms with E-state index in [0.717, 1.165) is 0 Å². The standard InChI is InChI=1S/C17H21N3O4S/c1-24-14-5-7-15(8-6-14)25(22,23)20-11-3-10-19(12-13-20)17(21)16-4-2-9-18-16/h2,4-9,18H,3,10-13H2,1H3. The lowest BCUT2D eigenvalue weighted by Crippen LogP contribution is -2.37. The summed E-state index contributed by atoms with van der Waals surface area (Å²) < 4.78 is 32.1. The lowest BCUT2D eigenvalue weighted by atomic mass is 10.3. The summed E-state index contributed by atoms with van der Waals surface area (Å²) in [7, 11) is -2.05. The highest BCUT2D eigenvalue weighted by molar-refractivity contribution is 7.89. The third kappa shape index (κ3) is 3.69. The van der Waals surface area contributed by atoms with Crippen molar-refractivity contribution >= 4 is 15.9 Å². The Morgan fingerprint density at radius 2 is 1.84 bits per heavy atom. The van der Waals surface area contributed by atoms with Gasteiger partial charge in [-0.05, 0) is 42.8 Å². The molecule has 0 unspecified atom stereocenters. The Bertz CT molecular complexity index is 816. The van der Waals surface area contributed by atoms with Gasteiger partial charge in [-0.3, -0.25) is 4.79 Å². The van der Waals surface area contributed by atoms with Crippen LogP contribution in [0.1, 0.15) is 16.9 Å². The predicted octanol–water partition coefficient (Wildman–Crippen LogP) is 1.56. The third-order valence-electron chi connectivity index (χ3n) is 4.27. The van der Waals surface area contributed by atoms with Crippen molar-refractivity contribution in [1.29, 1.82) is 0 Å². The van der Waals surface area contributed by atoms with Gasteiger partial charge in [0.15, 0.2) is 0 Å². The van der Waals surface area contributed by atoms with E-state index in [4.69, 9.17) is 4.74 Å². The molecule has 0 radical (unpaired) electrons. The highest BCUT2D eigenvalue weighted by Crippen LogP contribution is 2.21. The first-order valence-corrected chi connectivity index (χ1v) is 9.53. The van der Waals surface area contributed by atoms with E-state index in [0.29, 0.717) is 37.5 Å². The molecule has 134 valence electrons. The van der Waals surface area contributed by atoms with Gasteiger partial charge in [-0.2, -0.15) is 4.31 Å². The average molecular weight is 363 g/mol. The molecule has 0 aliphatic carbocycles. The number of sulfonamides is 1. The largest absolute Gasteiger partial charge is 0.497 e. The second-order valence-electron chi connectivity index (χ2n) is 5.81. The van der Waals surface area contributed by atoms with E-state index in [1.54, 1.807) is 47.5 Å². The topological polar surface area (TPSA) is 82.7 Å². The van der Waals surface area contributed by atoms with Crippen LogP contribution in [0.2, 0.25) is 0 Å². The van der Waals surface area contributed by atoms with Crippen LogP contribution in [-0.2, 0) is 10.0 Å². The van der Waals surface area contributed by atoms with Gasteiger partial charge in [0.25, 0.3) is 5.91 Å². The SMILES string of the molecule is COc1ccc(S(=O)(=O)N2CCCN(C(=O)c3ccc[nH]3)CC2)cc1. The van der Waals surface area contributed by atoms with E-state index >= 15 is 0 Å². The molecule has 0 atom stereocenters. The van der Waals surface area contributed by atoms with Gasteiger partial charge >= 0.3 is 0 Å². The average Bonchev–Trinajstić information content (AvgIpc) is 3.05. The zero-order valence-electron chi connectivity index (χ0n) is 14.0. The van der Waals surface area contributed by atoms with E-state index in [2.05, 4.69) is 4.98 Å². The molecule has 2 aromatic rings. The van der Waals surface area contributed by atoms with Crippen LogP contribution >= 0.6 is 0 Å². The Morgan fingerprint density at radius 1 is 1.08 bits per heavy atom. The number of amides is 1. The van der Waals surface area contributed by atoms with Crippen LogP contribution in [0.25, 0.3) is 0 Å². The van der Waals surface area contributed by atoms with Gasteiger partial charge in [0, 0.05) is 32.4 Å². The molecule has 25 heavy (non-hydrogen) atoms. The van der Waals surface area contributed by atoms with Gasteiger partial charge in [-0.1, -0.05) is 0 Å². The number of hydrogen-bond donors (Lipinski definition) is 1. The number of rotatable bonds is 4. The first-order chi connectivity index (χ1) is 12.0. The molecular weight excluding hydrogens is 342 g/mol. The number of H-pyrrole nitrogens is 1. The van der Waals surface area contributed by atoms with Crippen LogP contribution in [0, 0.1) is 0 Å². The molecule has 1 N–H and O–H groups in total. The number of ether oxygens (including phenoxy) is 1. The summed E-state index contributed by atoms with van der Waals surface area (Å²) >= 11 is 0. The van der Waals surface area contributed by atoms with Crippen molar-refractivity contribution in [2.24, 2.45) is 0 Å². The van der Waals surface area contributed by atoms with Gasteiger partial charge in [0.2, 0.25) is 10.0 Å². The van der Waals surface area contributed by atoms with Crippen molar-refractivity contribution in [3.05, 3.63) is 48.3 Å². The monoisotopic (exact) mass is 363 g/mol. The Kier molecular flexibility index (Phi) is 5.10. The summed E-state index contributed by atoms with van der Waals surface area (Å²) in [5.74, 6) is 0.506. The quantitative estimate of drug-likeness (QED) is 0.894. The van der Waals surface area contributed by atoms with Crippen molar-refractivity contribution < 1.29 is 17.9 Å². The second-order valence-corrected chi connectivity index (χ2v) is 7.75. The molecule has 1 aliphatic rings. The molecule has 1 fully saturated rings. The van der Waals surface area contributed by atoms with Crippen molar-refractivity contribution in [3.8, 4) is 5.75 Å². The van der Waals surface area contributed by atoms with E-state index < -0.39 is 10.0 Å². The van der Waals surface area contributed by atoms with Crippen LogP contribution in [0.3, 0.4) is 0 Å². The Morgan fingerprint density at radius 3 is 2.48 bits per heavy atom. The summed E-state index contributed by atoms with van der Waals surface area (Å²) in [6.07, 6.45) is 2.30. The minimum Gasteiger partial charge on any atom is -0.497 e. The van der Waals surface area contributed by atoms with Gasteiger partial charge in [-0.25, -0.2) is 8.42 Å². The minimum atomic E-state index is -3.58. The maximum Gasteiger partial charge on any atom is 0.270 e. The number of nitrogens with zero attached hydrogens (tertiary/aromatic N) is 2. The first-order valence-electron chi connectivity index (χ1n) is 8.09. The van der Waals surface area contributed by atoms with Crippen molar-refractivity contribution in [2.75, 3.05) is 33.3 Å². The molecule has 1 saturated heterocycles. The molecule has 1 aromatic carbocycles. The van der Waals surface area contributed by atoms with Crippen LogP contribution in [-0.4, -0.2) is 61.8 Å². The molecule has 3 rings (SSSR count). The Balaban J connectivity index is 1.72. The highest BCUT2D eigenvalue weighted by atomic mass is 32.2. The van der Waals surface area contributed by atoms with Crippen LogP contribution in [0.15, 0.2) is 47.5 Å². The summed E-state index contributed by atoms with van der Waals surface area (Å²) in [5, 5.41) is 0. The van der Waals surface area contributed by atoms with E-state index in [1.165, 1.54) is 11.4 Å². The fourth-order valence-electron chi connectivity index (χ4n) is 2.87. The first kappa shape index (κ1) is 17.5. The molecule has 1 amide bonds. The maximum absolute atomic E-state index is 12.8. The lowest BCUT2D eigenvalue weighted by Gasteiger charge is -2.21. The molecule has 0 saturated carbocycles. The third-order valence-corrected chi connectivity index (χ3v) is 6.18. The zero-order valence-corrected chi connectivity index (χ0v) is 14.8. The fraction of sp³-hybridized carbons (Fsp3) is 0.353. The Labute approximate surface area is 147 Å². The minimum absolute atomic E-state index is 0.103. The van der Waals surface area contributed by atoms with Crippen LogP contribution < -0.4 is 4.74 Å². The van der Waals surface area contributed by atoms with Gasteiger partial charge in [0.1, 0.15) is 11.4 Å². The number of aromatic amines is 1. The molecule has 0 spiro atoms. The summed E-state index contributed by atoms with van der Waals surface area (Å²) in [4.78, 5) is 17.2. The molecular formula is C17H21N3O4S. The molecule has 7 nitrogen and oxygen atoms in total. The number of aromatic nitrogens is 1. The van der Waals surface area contributed by atoms with Crippen molar-refractivity contribution in [3.63, 3.8) is 0 Å². The van der Waals surface area contributed by atoms with E-state index in [-0.39, 0.29) is 17.3 Å². The van der Waals surface area contributed by atoms with Crippen LogP contribution in [0.4, 0.5) is 0 Å². The molecule has 0 bridgehead atoms. The fourth-order valence-corrected chi connectivity index (χ4v) is 4.34. The van der Waals surface area contributed by atoms with E-state index in [1.807, 2.05) is 0 Å². The zero-order chi connectivity index (χ0) is 17.9. The number of benzene rings is 1. The maximum atomic E-state index is 12.8. The number of methoxy groups -OCH3 is 1. The number of carbonyl (C=O) groups is 1. The molecule has 2 heterocycles. The Hall–Kier alpha value is -2.32. The summed E-state index contributed by atoms with van der Waals surface area (Å²) in [6.45, 7) is 1.57. The van der Waals surface area contributed by atoms with Gasteiger partial charge < -0.3 is 14.6 Å². The van der Waals surface area contributed by atoms with Gasteiger partial charge in [0.05, 0.1) is 12.0 Å². The lowest BCUT2D eigenvalue weighted by molar-refractivity contribution is 0.0759. The smallest absolute Gasteiger partial charge is 0.270 e. The predicted molar refractivity (Wildman–Crippen MR) is 93.1 cm³/mol. The molecule has 1 aromatic heterocycles. The van der Waals surface area contributed by atoms with Crippen LogP contribution in [0.5, 0.6) is 5.75 Å². The van der Waals surface area contributed by atoms with Crippen molar-refractivity contribution in [2.45, 2.75) is 11.3 Å². The van der Waals surface area contributed by atoms with Crippen molar-refractivity contribution in [1.82, 2.24) is 14.2 Å². The summed E-state index contributed by atoms with van der Waals surface area (Å²) in [6, 6.07) is 9.84. The highest BCUT2D eigenvalue weighted by Gasteiger charge is 2.28. The van der Waals surface area contributed by atoms with E-state index in [9.17, 15) is 13.2 Å². The normalized spacial score (nSPS) is 16.4. The molecule has 1 aliphatic heterocycles. The second kappa shape index (κ2) is 7.28. The summed E-state index contributed by atoms with van der Waals surface area (Å²) in [5.41, 5.74) is 0.520. The van der Waals surface area contributed by atoms with Gasteiger partial charge in [-0.15, -0.1) is 0 Å².